The van der Waals surface area contributed by atoms with E-state index in [1.165, 1.54) is 10.4 Å². The number of piperidine rings is 1. The first-order chi connectivity index (χ1) is 14.1. The lowest BCUT2D eigenvalue weighted by Crippen LogP contribution is -2.39. The fourth-order valence-corrected chi connectivity index (χ4v) is 5.30. The van der Waals surface area contributed by atoms with Crippen LogP contribution in [0.3, 0.4) is 0 Å². The van der Waals surface area contributed by atoms with Gasteiger partial charge in [-0.1, -0.05) is 17.7 Å². The van der Waals surface area contributed by atoms with Gasteiger partial charge in [0.25, 0.3) is 0 Å². The van der Waals surface area contributed by atoms with Gasteiger partial charge in [-0.15, -0.1) is 0 Å². The van der Waals surface area contributed by atoms with Gasteiger partial charge in [-0.25, -0.2) is 17.9 Å². The average Bonchev–Trinajstić information content (AvgIpc) is 3.06. The number of hydrogen-bond acceptors (Lipinski definition) is 4. The van der Waals surface area contributed by atoms with Crippen LogP contribution in [0.2, 0.25) is 0 Å². The largest absolute Gasteiger partial charge is 0.433 e. The van der Waals surface area contributed by atoms with Crippen molar-refractivity contribution in [2.45, 2.75) is 43.7 Å². The molecule has 0 amide bonds. The second kappa shape index (κ2) is 7.35. The molecule has 0 N–H and O–H groups in total. The Labute approximate surface area is 172 Å². The summed E-state index contributed by atoms with van der Waals surface area (Å²) < 4.78 is 69.0. The minimum Gasteiger partial charge on any atom is -0.233 e. The number of hydrogen-bond donors (Lipinski definition) is 0. The molecule has 0 aliphatic carbocycles. The summed E-state index contributed by atoms with van der Waals surface area (Å²) in [6, 6.07) is 9.03. The maximum Gasteiger partial charge on any atom is 0.433 e. The zero-order valence-electron chi connectivity index (χ0n) is 16.5. The van der Waals surface area contributed by atoms with Crippen molar-refractivity contribution in [2.75, 3.05) is 13.1 Å². The maximum absolute atomic E-state index is 13.6. The minimum absolute atomic E-state index is 0.0871. The van der Waals surface area contributed by atoms with E-state index in [1.807, 2.05) is 6.92 Å². The Balaban J connectivity index is 1.70. The first-order valence-corrected chi connectivity index (χ1v) is 11.0. The van der Waals surface area contributed by atoms with Crippen LogP contribution in [-0.4, -0.2) is 40.4 Å². The zero-order valence-corrected chi connectivity index (χ0v) is 17.3. The maximum atomic E-state index is 13.6. The number of aromatic nitrogens is 3. The zero-order chi connectivity index (χ0) is 21.7. The number of halogens is 3. The van der Waals surface area contributed by atoms with Crippen molar-refractivity contribution in [2.24, 2.45) is 0 Å². The Hall–Kier alpha value is -2.46. The van der Waals surface area contributed by atoms with Gasteiger partial charge in [0.15, 0.2) is 5.65 Å². The van der Waals surface area contributed by atoms with Gasteiger partial charge >= 0.3 is 6.18 Å². The third-order valence-corrected chi connectivity index (χ3v) is 7.20. The molecule has 0 spiro atoms. The van der Waals surface area contributed by atoms with E-state index in [9.17, 15) is 21.6 Å². The quantitative estimate of drug-likeness (QED) is 0.621. The van der Waals surface area contributed by atoms with E-state index in [0.717, 1.165) is 16.1 Å². The smallest absolute Gasteiger partial charge is 0.233 e. The summed E-state index contributed by atoms with van der Waals surface area (Å²) in [6.45, 7) is 3.88. The first-order valence-electron chi connectivity index (χ1n) is 9.57. The number of aryl methyl sites for hydroxylation is 2. The number of fused-ring (bicyclic) bond motifs is 1. The molecule has 3 aromatic rings. The minimum atomic E-state index is -4.60. The molecular weight excluding hydrogens is 417 g/mol. The van der Waals surface area contributed by atoms with E-state index in [1.54, 1.807) is 31.2 Å². The van der Waals surface area contributed by atoms with Gasteiger partial charge in [-0.05, 0) is 44.9 Å². The number of alkyl halides is 3. The molecule has 1 atom stereocenters. The molecule has 3 heterocycles. The van der Waals surface area contributed by atoms with Crippen molar-refractivity contribution in [1.29, 1.82) is 0 Å². The van der Waals surface area contributed by atoms with Crippen molar-refractivity contribution in [3.63, 3.8) is 0 Å². The lowest BCUT2D eigenvalue weighted by molar-refractivity contribution is -0.142. The van der Waals surface area contributed by atoms with Crippen LogP contribution in [0.4, 0.5) is 13.2 Å². The molecule has 1 aliphatic heterocycles. The van der Waals surface area contributed by atoms with E-state index in [4.69, 9.17) is 0 Å². The van der Waals surface area contributed by atoms with Gasteiger partial charge in [-0.3, -0.25) is 0 Å². The third kappa shape index (κ3) is 3.81. The van der Waals surface area contributed by atoms with E-state index in [-0.39, 0.29) is 22.8 Å². The molecule has 0 bridgehead atoms. The molecule has 1 unspecified atom stereocenters. The summed E-state index contributed by atoms with van der Waals surface area (Å²) in [5.41, 5.74) is 0.805. The molecule has 4 rings (SSSR count). The Kier molecular flexibility index (Phi) is 5.09. The lowest BCUT2D eigenvalue weighted by Gasteiger charge is -2.32. The summed E-state index contributed by atoms with van der Waals surface area (Å²) in [7, 11) is -3.73. The normalized spacial score (nSPS) is 18.8. The molecule has 0 radical (unpaired) electrons. The molecule has 0 saturated carbocycles. The first kappa shape index (κ1) is 20.8. The van der Waals surface area contributed by atoms with Gasteiger partial charge in [0, 0.05) is 30.8 Å². The molecule has 1 saturated heterocycles. The Morgan fingerprint density at radius 1 is 1.10 bits per heavy atom. The highest BCUT2D eigenvalue weighted by Crippen LogP contribution is 2.34. The van der Waals surface area contributed by atoms with E-state index >= 15 is 0 Å². The highest BCUT2D eigenvalue weighted by molar-refractivity contribution is 7.89. The Morgan fingerprint density at radius 3 is 2.47 bits per heavy atom. The van der Waals surface area contributed by atoms with Crippen molar-refractivity contribution >= 4 is 15.7 Å². The number of rotatable bonds is 3. The van der Waals surface area contributed by atoms with Crippen molar-refractivity contribution in [3.05, 3.63) is 59.0 Å². The van der Waals surface area contributed by atoms with Crippen LogP contribution in [0.1, 0.15) is 41.4 Å². The van der Waals surface area contributed by atoms with Crippen LogP contribution in [0.15, 0.2) is 41.3 Å². The summed E-state index contributed by atoms with van der Waals surface area (Å²) in [5, 5.41) is 3.89. The predicted octanol–water partition coefficient (Wildman–Crippen LogP) is 3.93. The molecule has 1 aromatic carbocycles. The molecule has 30 heavy (non-hydrogen) atoms. The summed E-state index contributed by atoms with van der Waals surface area (Å²) in [5.74, 6) is -0.430. The second-order valence-corrected chi connectivity index (χ2v) is 9.57. The lowest BCUT2D eigenvalue weighted by atomic mass is 9.95. The number of sulfonamides is 1. The monoisotopic (exact) mass is 438 g/mol. The van der Waals surface area contributed by atoms with Crippen LogP contribution in [0, 0.1) is 13.8 Å². The van der Waals surface area contributed by atoms with Crippen LogP contribution in [-0.2, 0) is 16.2 Å². The Morgan fingerprint density at radius 2 is 1.80 bits per heavy atom. The van der Waals surface area contributed by atoms with E-state index in [2.05, 4.69) is 10.1 Å². The molecule has 2 aromatic heterocycles. The SMILES string of the molecule is Cc1ccc(S(=O)(=O)N2CCCC(c3cc(C(F)(F)F)n4nc(C)cc4n3)C2)cc1. The molecule has 1 fully saturated rings. The van der Waals surface area contributed by atoms with Crippen molar-refractivity contribution in [1.82, 2.24) is 18.9 Å². The number of nitrogens with zero attached hydrogens (tertiary/aromatic N) is 4. The standard InChI is InChI=1S/C20H21F3N4O2S/c1-13-5-7-16(8-6-13)30(28,29)26-9-3-4-15(12-26)17-11-18(20(21,22)23)27-19(24-17)10-14(2)25-27/h5-8,10-11,15H,3-4,9,12H2,1-2H3. The van der Waals surface area contributed by atoms with Gasteiger partial charge in [0.1, 0.15) is 5.69 Å². The Bertz CT molecular complexity index is 1190. The molecule has 1 aliphatic rings. The topological polar surface area (TPSA) is 67.6 Å². The van der Waals surface area contributed by atoms with Crippen LogP contribution >= 0.6 is 0 Å². The third-order valence-electron chi connectivity index (χ3n) is 5.32. The van der Waals surface area contributed by atoms with Crippen LogP contribution in [0.5, 0.6) is 0 Å². The molecular formula is C20H21F3N4O2S. The van der Waals surface area contributed by atoms with E-state index in [0.29, 0.717) is 25.1 Å². The predicted molar refractivity (Wildman–Crippen MR) is 105 cm³/mol. The second-order valence-electron chi connectivity index (χ2n) is 7.63. The fraction of sp³-hybridized carbons (Fsp3) is 0.400. The van der Waals surface area contributed by atoms with E-state index < -0.39 is 27.8 Å². The van der Waals surface area contributed by atoms with Gasteiger partial charge < -0.3 is 0 Å². The van der Waals surface area contributed by atoms with Crippen LogP contribution in [0.25, 0.3) is 5.65 Å². The molecule has 6 nitrogen and oxygen atoms in total. The van der Waals surface area contributed by atoms with Gasteiger partial charge in [0.05, 0.1) is 10.6 Å². The van der Waals surface area contributed by atoms with Crippen LogP contribution < -0.4 is 0 Å². The molecule has 10 heteroatoms. The van der Waals surface area contributed by atoms with Gasteiger partial charge in [0.2, 0.25) is 10.0 Å². The van der Waals surface area contributed by atoms with Crippen molar-refractivity contribution < 1.29 is 21.6 Å². The van der Waals surface area contributed by atoms with Gasteiger partial charge in [-0.2, -0.15) is 22.6 Å². The highest BCUT2D eigenvalue weighted by Gasteiger charge is 2.37. The average molecular weight is 438 g/mol. The summed E-state index contributed by atoms with van der Waals surface area (Å²) in [6.07, 6.45) is -3.49. The van der Waals surface area contributed by atoms with Crippen molar-refractivity contribution in [3.8, 4) is 0 Å². The fourth-order valence-electron chi connectivity index (χ4n) is 3.78. The summed E-state index contributed by atoms with van der Waals surface area (Å²) >= 11 is 0. The highest BCUT2D eigenvalue weighted by atomic mass is 32.2. The molecule has 160 valence electrons. The number of benzene rings is 1. The summed E-state index contributed by atoms with van der Waals surface area (Å²) in [4.78, 5) is 4.55.